The summed E-state index contributed by atoms with van der Waals surface area (Å²) in [4.78, 5) is 0. The van der Waals surface area contributed by atoms with Crippen molar-refractivity contribution in [3.8, 4) is 0 Å². The number of benzene rings is 1. The number of rotatable bonds is 3. The van der Waals surface area contributed by atoms with Gasteiger partial charge in [-0.2, -0.15) is 0 Å². The molecule has 1 N–H and O–H groups in total. The lowest BCUT2D eigenvalue weighted by Crippen LogP contribution is -2.18. The van der Waals surface area contributed by atoms with E-state index in [0.717, 1.165) is 19.3 Å². The molecule has 1 heteroatoms. The summed E-state index contributed by atoms with van der Waals surface area (Å²) in [6, 6.07) is 9.00. The van der Waals surface area contributed by atoms with Crippen LogP contribution in [0.2, 0.25) is 0 Å². The predicted octanol–water partition coefficient (Wildman–Crippen LogP) is 3.44. The molecule has 1 saturated carbocycles. The van der Waals surface area contributed by atoms with Crippen LogP contribution in [0.1, 0.15) is 50.7 Å². The maximum atomic E-state index is 9.66. The van der Waals surface area contributed by atoms with E-state index < -0.39 is 0 Å². The summed E-state index contributed by atoms with van der Waals surface area (Å²) in [7, 11) is 0. The van der Waals surface area contributed by atoms with E-state index in [1.807, 2.05) is 0 Å². The molecule has 0 heterocycles. The minimum Gasteiger partial charge on any atom is -0.393 e. The number of aliphatic hydroxyl groups is 1. The zero-order valence-electron chi connectivity index (χ0n) is 10.4. The van der Waals surface area contributed by atoms with E-state index in [4.69, 9.17) is 0 Å². The lowest BCUT2D eigenvalue weighted by Gasteiger charge is -2.24. The molecule has 0 spiro atoms. The van der Waals surface area contributed by atoms with Crippen molar-refractivity contribution in [3.05, 3.63) is 35.4 Å². The van der Waals surface area contributed by atoms with Crippen LogP contribution in [0.4, 0.5) is 0 Å². The average molecular weight is 218 g/mol. The summed E-state index contributed by atoms with van der Waals surface area (Å²) in [6.45, 7) is 4.49. The van der Waals surface area contributed by atoms with Crippen LogP contribution < -0.4 is 0 Å². The molecule has 0 saturated heterocycles. The van der Waals surface area contributed by atoms with Crippen LogP contribution in [0.25, 0.3) is 0 Å². The van der Waals surface area contributed by atoms with E-state index in [9.17, 15) is 5.11 Å². The highest BCUT2D eigenvalue weighted by molar-refractivity contribution is 5.30. The molecule has 1 aromatic carbocycles. The zero-order chi connectivity index (χ0) is 11.6. The summed E-state index contributed by atoms with van der Waals surface area (Å²) in [5.41, 5.74) is 3.02. The van der Waals surface area contributed by atoms with Gasteiger partial charge < -0.3 is 5.11 Å². The van der Waals surface area contributed by atoms with E-state index in [2.05, 4.69) is 38.1 Å². The third kappa shape index (κ3) is 2.30. The first-order chi connectivity index (χ1) is 7.64. The van der Waals surface area contributed by atoms with Crippen molar-refractivity contribution in [1.82, 2.24) is 0 Å². The molecule has 1 fully saturated rings. The maximum absolute atomic E-state index is 9.66. The Balaban J connectivity index is 2.15. The summed E-state index contributed by atoms with van der Waals surface area (Å²) in [5, 5.41) is 9.66. The smallest absolute Gasteiger partial charge is 0.0549 e. The second-order valence-corrected chi connectivity index (χ2v) is 5.40. The average Bonchev–Trinajstić information content (AvgIpc) is 2.61. The number of aryl methyl sites for hydroxylation is 1. The summed E-state index contributed by atoms with van der Waals surface area (Å²) >= 11 is 0. The van der Waals surface area contributed by atoms with Gasteiger partial charge in [0.25, 0.3) is 0 Å². The molecule has 0 amide bonds. The second kappa shape index (κ2) is 4.58. The lowest BCUT2D eigenvalue weighted by molar-refractivity contribution is 0.175. The molecule has 0 aromatic heterocycles. The van der Waals surface area contributed by atoms with Gasteiger partial charge in [-0.05, 0) is 42.2 Å². The molecule has 1 nitrogen and oxygen atoms in total. The molecule has 0 radical (unpaired) electrons. The largest absolute Gasteiger partial charge is 0.393 e. The van der Waals surface area contributed by atoms with Crippen molar-refractivity contribution in [2.24, 2.45) is 0 Å². The van der Waals surface area contributed by atoms with Gasteiger partial charge in [0, 0.05) is 0 Å². The van der Waals surface area contributed by atoms with Crippen LogP contribution in [-0.4, -0.2) is 11.2 Å². The Morgan fingerprint density at radius 2 is 2.00 bits per heavy atom. The minimum absolute atomic E-state index is 0.0969. The molecular weight excluding hydrogens is 196 g/mol. The van der Waals surface area contributed by atoms with Gasteiger partial charge >= 0.3 is 0 Å². The Labute approximate surface area is 98.5 Å². The molecule has 1 aliphatic carbocycles. The molecule has 2 atom stereocenters. The van der Waals surface area contributed by atoms with Crippen LogP contribution >= 0.6 is 0 Å². The Morgan fingerprint density at radius 1 is 1.31 bits per heavy atom. The highest BCUT2D eigenvalue weighted by Crippen LogP contribution is 2.40. The second-order valence-electron chi connectivity index (χ2n) is 5.40. The van der Waals surface area contributed by atoms with E-state index in [1.165, 1.54) is 24.0 Å². The standard InChI is InChI=1S/C15H22O/c1-3-4-12-5-7-13(8-6-12)15(2)10-9-14(16)11-15/h5-8,14,16H,3-4,9-11H2,1-2H3. The van der Waals surface area contributed by atoms with Crippen molar-refractivity contribution >= 4 is 0 Å². The topological polar surface area (TPSA) is 20.2 Å². The molecule has 16 heavy (non-hydrogen) atoms. The van der Waals surface area contributed by atoms with Gasteiger partial charge in [0.2, 0.25) is 0 Å². The first-order valence-electron chi connectivity index (χ1n) is 6.41. The van der Waals surface area contributed by atoms with Crippen molar-refractivity contribution in [2.45, 2.75) is 57.5 Å². The molecular formula is C15H22O. The SMILES string of the molecule is CCCc1ccc(C2(C)CCC(O)C2)cc1. The molecule has 2 unspecified atom stereocenters. The normalized spacial score (nSPS) is 29.6. The first kappa shape index (κ1) is 11.7. The molecule has 88 valence electrons. The molecule has 1 aliphatic rings. The van der Waals surface area contributed by atoms with Crippen molar-refractivity contribution in [3.63, 3.8) is 0 Å². The highest BCUT2D eigenvalue weighted by atomic mass is 16.3. The van der Waals surface area contributed by atoms with Crippen LogP contribution in [0.15, 0.2) is 24.3 Å². The number of aliphatic hydroxyl groups excluding tert-OH is 1. The van der Waals surface area contributed by atoms with Gasteiger partial charge in [0.05, 0.1) is 6.10 Å². The minimum atomic E-state index is -0.0969. The van der Waals surface area contributed by atoms with Crippen LogP contribution in [0.5, 0.6) is 0 Å². The van der Waals surface area contributed by atoms with E-state index in [-0.39, 0.29) is 11.5 Å². The third-order valence-corrected chi connectivity index (χ3v) is 3.91. The van der Waals surface area contributed by atoms with Gasteiger partial charge in [0.1, 0.15) is 0 Å². The Hall–Kier alpha value is -0.820. The first-order valence-corrected chi connectivity index (χ1v) is 6.41. The Kier molecular flexibility index (Phi) is 3.34. The quantitative estimate of drug-likeness (QED) is 0.824. The van der Waals surface area contributed by atoms with E-state index >= 15 is 0 Å². The van der Waals surface area contributed by atoms with E-state index in [0.29, 0.717) is 0 Å². The molecule has 0 aliphatic heterocycles. The van der Waals surface area contributed by atoms with Gasteiger partial charge in [-0.25, -0.2) is 0 Å². The van der Waals surface area contributed by atoms with Crippen LogP contribution in [0, 0.1) is 0 Å². The van der Waals surface area contributed by atoms with Crippen LogP contribution in [0.3, 0.4) is 0 Å². The lowest BCUT2D eigenvalue weighted by atomic mass is 9.80. The summed E-state index contributed by atoms with van der Waals surface area (Å²) < 4.78 is 0. The van der Waals surface area contributed by atoms with Crippen molar-refractivity contribution < 1.29 is 5.11 Å². The third-order valence-electron chi connectivity index (χ3n) is 3.91. The Morgan fingerprint density at radius 3 is 2.50 bits per heavy atom. The van der Waals surface area contributed by atoms with Crippen molar-refractivity contribution in [1.29, 1.82) is 0 Å². The van der Waals surface area contributed by atoms with Crippen LogP contribution in [-0.2, 0) is 11.8 Å². The molecule has 1 aromatic rings. The zero-order valence-corrected chi connectivity index (χ0v) is 10.4. The predicted molar refractivity (Wildman–Crippen MR) is 67.6 cm³/mol. The highest BCUT2D eigenvalue weighted by Gasteiger charge is 2.35. The van der Waals surface area contributed by atoms with Crippen molar-refractivity contribution in [2.75, 3.05) is 0 Å². The summed E-state index contributed by atoms with van der Waals surface area (Å²) in [6.07, 6.45) is 5.25. The monoisotopic (exact) mass is 218 g/mol. The molecule has 2 rings (SSSR count). The molecule has 0 bridgehead atoms. The van der Waals surface area contributed by atoms with Gasteiger partial charge in [0.15, 0.2) is 0 Å². The van der Waals surface area contributed by atoms with Gasteiger partial charge in [-0.3, -0.25) is 0 Å². The fourth-order valence-electron chi connectivity index (χ4n) is 2.83. The summed E-state index contributed by atoms with van der Waals surface area (Å²) in [5.74, 6) is 0. The fourth-order valence-corrected chi connectivity index (χ4v) is 2.83. The van der Waals surface area contributed by atoms with E-state index in [1.54, 1.807) is 0 Å². The number of hydrogen-bond donors (Lipinski definition) is 1. The maximum Gasteiger partial charge on any atom is 0.0549 e. The number of hydrogen-bond acceptors (Lipinski definition) is 1. The van der Waals surface area contributed by atoms with Gasteiger partial charge in [-0.1, -0.05) is 44.5 Å². The Bertz CT molecular complexity index is 341. The van der Waals surface area contributed by atoms with Gasteiger partial charge in [-0.15, -0.1) is 0 Å². The fraction of sp³-hybridized carbons (Fsp3) is 0.600.